The van der Waals surface area contributed by atoms with Crippen LogP contribution in [0.2, 0.25) is 5.02 Å². The largest absolute Gasteiger partial charge is 0.417 e. The number of alkyl halides is 3. The molecule has 0 radical (unpaired) electrons. The van der Waals surface area contributed by atoms with Crippen molar-refractivity contribution >= 4 is 50.7 Å². The van der Waals surface area contributed by atoms with Crippen LogP contribution in [-0.2, 0) is 21.0 Å². The van der Waals surface area contributed by atoms with E-state index in [1.807, 2.05) is 0 Å². The summed E-state index contributed by atoms with van der Waals surface area (Å²) in [4.78, 5) is 12.5. The van der Waals surface area contributed by atoms with Crippen molar-refractivity contribution in [2.45, 2.75) is 22.9 Å². The first-order valence-corrected chi connectivity index (χ1v) is 10.8. The van der Waals surface area contributed by atoms with Gasteiger partial charge in [-0.2, -0.15) is 13.2 Å². The molecule has 2 N–H and O–H groups in total. The van der Waals surface area contributed by atoms with Crippen LogP contribution in [0.1, 0.15) is 12.5 Å². The molecule has 0 aromatic heterocycles. The van der Waals surface area contributed by atoms with Crippen LogP contribution in [0.5, 0.6) is 0 Å². The molecular formula is C17H14ClF3N2O3S2. The summed E-state index contributed by atoms with van der Waals surface area (Å²) in [6.07, 6.45) is -4.72. The van der Waals surface area contributed by atoms with Gasteiger partial charge in [-0.15, -0.1) is 11.8 Å². The fourth-order valence-electron chi connectivity index (χ4n) is 2.47. The summed E-state index contributed by atoms with van der Waals surface area (Å²) in [6, 6.07) is 6.89. The van der Waals surface area contributed by atoms with E-state index < -0.39 is 26.8 Å². The van der Waals surface area contributed by atoms with E-state index in [2.05, 4.69) is 10.0 Å². The first kappa shape index (κ1) is 20.8. The molecule has 0 bridgehead atoms. The monoisotopic (exact) mass is 450 g/mol. The van der Waals surface area contributed by atoms with Gasteiger partial charge in [0.25, 0.3) is 10.0 Å². The lowest BCUT2D eigenvalue weighted by atomic mass is 10.2. The standard InChI is InChI=1S/C17H14ClF3N2O3S2/c1-9-8-27-15-5-3-11(7-14(15)22-16(9)24)28(25,26)23-10-2-4-13(18)12(6-10)17(19,20)21/h2-7,9,23H,8H2,1H3,(H,22,24). The van der Waals surface area contributed by atoms with Gasteiger partial charge in [0.15, 0.2) is 0 Å². The van der Waals surface area contributed by atoms with Crippen LogP contribution in [0.3, 0.4) is 0 Å². The van der Waals surface area contributed by atoms with Crippen molar-refractivity contribution in [3.8, 4) is 0 Å². The van der Waals surface area contributed by atoms with E-state index in [-0.39, 0.29) is 22.4 Å². The van der Waals surface area contributed by atoms with Gasteiger partial charge >= 0.3 is 6.18 Å². The first-order valence-electron chi connectivity index (χ1n) is 7.94. The number of amides is 1. The minimum absolute atomic E-state index is 0.190. The first-order chi connectivity index (χ1) is 13.0. The summed E-state index contributed by atoms with van der Waals surface area (Å²) < 4.78 is 66.3. The summed E-state index contributed by atoms with van der Waals surface area (Å²) in [5.41, 5.74) is -1.08. The quantitative estimate of drug-likeness (QED) is 0.701. The predicted molar refractivity (Wildman–Crippen MR) is 102 cm³/mol. The van der Waals surface area contributed by atoms with E-state index in [1.54, 1.807) is 13.0 Å². The number of hydrogen-bond donors (Lipinski definition) is 2. The Labute approximate surface area is 168 Å². The SMILES string of the molecule is CC1CSc2ccc(S(=O)(=O)Nc3ccc(Cl)c(C(F)(F)F)c3)cc2NC1=O. The molecule has 2 aromatic carbocycles. The fourth-order valence-corrected chi connectivity index (χ4v) is 4.78. The van der Waals surface area contributed by atoms with Gasteiger partial charge in [-0.3, -0.25) is 9.52 Å². The Morgan fingerprint density at radius 2 is 1.93 bits per heavy atom. The van der Waals surface area contributed by atoms with Crippen LogP contribution in [0.25, 0.3) is 0 Å². The molecule has 3 rings (SSSR count). The van der Waals surface area contributed by atoms with Gasteiger partial charge in [-0.25, -0.2) is 8.42 Å². The molecule has 0 fully saturated rings. The highest BCUT2D eigenvalue weighted by Crippen LogP contribution is 2.37. The van der Waals surface area contributed by atoms with Gasteiger partial charge in [-0.05, 0) is 36.4 Å². The van der Waals surface area contributed by atoms with Gasteiger partial charge in [0.2, 0.25) is 5.91 Å². The number of anilines is 2. The van der Waals surface area contributed by atoms with Crippen LogP contribution in [0, 0.1) is 5.92 Å². The van der Waals surface area contributed by atoms with Crippen LogP contribution in [-0.4, -0.2) is 20.1 Å². The maximum Gasteiger partial charge on any atom is 0.417 e. The third kappa shape index (κ3) is 4.39. The van der Waals surface area contributed by atoms with Gasteiger partial charge in [0.05, 0.1) is 21.2 Å². The van der Waals surface area contributed by atoms with Crippen LogP contribution < -0.4 is 10.0 Å². The molecule has 1 atom stereocenters. The number of hydrogen-bond acceptors (Lipinski definition) is 4. The average molecular weight is 451 g/mol. The predicted octanol–water partition coefficient (Wildman–Crippen LogP) is 4.84. The van der Waals surface area contributed by atoms with Gasteiger partial charge < -0.3 is 5.32 Å². The third-order valence-electron chi connectivity index (χ3n) is 3.98. The van der Waals surface area contributed by atoms with Gasteiger partial charge in [0.1, 0.15) is 0 Å². The van der Waals surface area contributed by atoms with Gasteiger partial charge in [-0.1, -0.05) is 18.5 Å². The van der Waals surface area contributed by atoms with Crippen molar-refractivity contribution in [1.29, 1.82) is 0 Å². The molecule has 11 heteroatoms. The van der Waals surface area contributed by atoms with E-state index in [9.17, 15) is 26.4 Å². The summed E-state index contributed by atoms with van der Waals surface area (Å²) >= 11 is 6.96. The average Bonchev–Trinajstić information content (AvgIpc) is 2.74. The molecule has 1 aliphatic heterocycles. The van der Waals surface area contributed by atoms with Crippen molar-refractivity contribution in [2.75, 3.05) is 15.8 Å². The lowest BCUT2D eigenvalue weighted by Gasteiger charge is -2.14. The highest BCUT2D eigenvalue weighted by molar-refractivity contribution is 7.99. The molecule has 0 saturated carbocycles. The number of carbonyl (C=O) groups is 1. The van der Waals surface area contributed by atoms with E-state index in [0.29, 0.717) is 22.4 Å². The van der Waals surface area contributed by atoms with Crippen LogP contribution in [0.15, 0.2) is 46.2 Å². The second kappa shape index (κ2) is 7.49. The number of rotatable bonds is 3. The molecule has 28 heavy (non-hydrogen) atoms. The Morgan fingerprint density at radius 1 is 1.21 bits per heavy atom. The Bertz CT molecular complexity index is 1040. The highest BCUT2D eigenvalue weighted by atomic mass is 35.5. The van der Waals surface area contributed by atoms with Crippen molar-refractivity contribution < 1.29 is 26.4 Å². The number of thioether (sulfide) groups is 1. The smallest absolute Gasteiger partial charge is 0.325 e. The zero-order valence-corrected chi connectivity index (χ0v) is 16.7. The Morgan fingerprint density at radius 3 is 2.61 bits per heavy atom. The summed E-state index contributed by atoms with van der Waals surface area (Å²) in [5.74, 6) is 0.0699. The maximum absolute atomic E-state index is 13.0. The summed E-state index contributed by atoms with van der Waals surface area (Å²) in [5, 5.41) is 2.13. The Kier molecular flexibility index (Phi) is 5.57. The molecule has 1 unspecified atom stereocenters. The summed E-state index contributed by atoms with van der Waals surface area (Å²) in [6.45, 7) is 1.76. The third-order valence-corrected chi connectivity index (χ3v) is 7.02. The highest BCUT2D eigenvalue weighted by Gasteiger charge is 2.33. The molecule has 150 valence electrons. The summed E-state index contributed by atoms with van der Waals surface area (Å²) in [7, 11) is -4.19. The normalized spacial score (nSPS) is 17.5. The van der Waals surface area contributed by atoms with E-state index >= 15 is 0 Å². The van der Waals surface area contributed by atoms with Crippen molar-refractivity contribution in [3.63, 3.8) is 0 Å². The van der Waals surface area contributed by atoms with E-state index in [0.717, 1.165) is 12.1 Å². The number of fused-ring (bicyclic) bond motifs is 1. The number of nitrogens with one attached hydrogen (secondary N) is 2. The minimum Gasteiger partial charge on any atom is -0.325 e. The lowest BCUT2D eigenvalue weighted by molar-refractivity contribution is -0.137. The molecule has 1 heterocycles. The van der Waals surface area contributed by atoms with Crippen LogP contribution in [0.4, 0.5) is 24.5 Å². The molecule has 0 saturated heterocycles. The molecule has 0 aliphatic carbocycles. The lowest BCUT2D eigenvalue weighted by Crippen LogP contribution is -2.20. The minimum atomic E-state index is -4.72. The molecule has 1 amide bonds. The molecular weight excluding hydrogens is 437 g/mol. The second-order valence-corrected chi connectivity index (χ2v) is 9.31. The maximum atomic E-state index is 13.0. The van der Waals surface area contributed by atoms with Crippen LogP contribution >= 0.6 is 23.4 Å². The van der Waals surface area contributed by atoms with Gasteiger partial charge in [0, 0.05) is 22.3 Å². The van der Waals surface area contributed by atoms with Crippen molar-refractivity contribution in [2.24, 2.45) is 5.92 Å². The Balaban J connectivity index is 1.93. The second-order valence-electron chi connectivity index (χ2n) is 6.16. The van der Waals surface area contributed by atoms with Crippen molar-refractivity contribution in [3.05, 3.63) is 47.0 Å². The number of benzene rings is 2. The van der Waals surface area contributed by atoms with E-state index in [1.165, 1.54) is 23.9 Å². The van der Waals surface area contributed by atoms with Crippen molar-refractivity contribution in [1.82, 2.24) is 0 Å². The molecule has 5 nitrogen and oxygen atoms in total. The Hall–Kier alpha value is -1.91. The molecule has 1 aliphatic rings. The zero-order valence-electron chi connectivity index (χ0n) is 14.3. The van der Waals surface area contributed by atoms with E-state index in [4.69, 9.17) is 11.6 Å². The number of halogens is 4. The number of sulfonamides is 1. The molecule has 0 spiro atoms. The zero-order chi connectivity index (χ0) is 20.7. The topological polar surface area (TPSA) is 75.3 Å². The number of carbonyl (C=O) groups excluding carboxylic acids is 1. The molecule has 2 aromatic rings. The fraction of sp³-hybridized carbons (Fsp3) is 0.235.